The Bertz CT molecular complexity index is 447. The van der Waals surface area contributed by atoms with Crippen LogP contribution < -0.4 is 15.4 Å². The molecular weight excluding hydrogens is 246 g/mol. The number of aromatic nitrogens is 1. The summed E-state index contributed by atoms with van der Waals surface area (Å²) in [6, 6.07) is 3.50. The molecule has 0 bridgehead atoms. The van der Waals surface area contributed by atoms with Crippen molar-refractivity contribution >= 4 is 11.6 Å². The van der Waals surface area contributed by atoms with E-state index in [1.807, 2.05) is 13.8 Å². The van der Waals surface area contributed by atoms with Gasteiger partial charge in [0, 0.05) is 19.3 Å². The van der Waals surface area contributed by atoms with Gasteiger partial charge in [0.2, 0.25) is 5.88 Å². The van der Waals surface area contributed by atoms with E-state index < -0.39 is 0 Å². The lowest BCUT2D eigenvalue weighted by Crippen LogP contribution is -2.59. The average molecular weight is 265 g/mol. The Morgan fingerprint density at radius 2 is 2.37 bits per heavy atom. The summed E-state index contributed by atoms with van der Waals surface area (Å²) in [5.74, 6) is 0.219. The van der Waals surface area contributed by atoms with Crippen molar-refractivity contribution in [3.8, 4) is 5.88 Å². The van der Waals surface area contributed by atoms with Crippen molar-refractivity contribution in [2.75, 3.05) is 31.6 Å². The van der Waals surface area contributed by atoms with Gasteiger partial charge in [-0.05, 0) is 26.0 Å². The van der Waals surface area contributed by atoms with Crippen LogP contribution in [0, 0.1) is 0 Å². The Balaban J connectivity index is 1.87. The molecule has 6 heteroatoms. The van der Waals surface area contributed by atoms with E-state index in [2.05, 4.69) is 15.6 Å². The zero-order chi connectivity index (χ0) is 13.7. The van der Waals surface area contributed by atoms with Crippen molar-refractivity contribution in [3.05, 3.63) is 18.3 Å². The predicted octanol–water partition coefficient (Wildman–Crippen LogP) is 0.797. The summed E-state index contributed by atoms with van der Waals surface area (Å²) in [4.78, 5) is 15.9. The number of nitrogens with zero attached hydrogens (tertiary/aromatic N) is 1. The molecule has 2 heterocycles. The van der Waals surface area contributed by atoms with Crippen LogP contribution in [0.15, 0.2) is 18.3 Å². The third-order valence-electron chi connectivity index (χ3n) is 2.88. The minimum Gasteiger partial charge on any atom is -0.476 e. The summed E-state index contributed by atoms with van der Waals surface area (Å²) >= 11 is 0. The fourth-order valence-corrected chi connectivity index (χ4v) is 1.74. The second-order valence-corrected chi connectivity index (χ2v) is 4.68. The lowest BCUT2D eigenvalue weighted by Gasteiger charge is -2.38. The van der Waals surface area contributed by atoms with Gasteiger partial charge >= 0.3 is 0 Å². The molecule has 19 heavy (non-hydrogen) atoms. The Labute approximate surface area is 112 Å². The number of carbonyl (C=O) groups excluding carboxylic acids is 1. The molecule has 0 atom stereocenters. The van der Waals surface area contributed by atoms with Crippen LogP contribution in [0.25, 0.3) is 0 Å². The van der Waals surface area contributed by atoms with Crippen LogP contribution in [0.5, 0.6) is 5.88 Å². The number of hydrogen-bond acceptors (Lipinski definition) is 5. The molecule has 2 rings (SSSR count). The van der Waals surface area contributed by atoms with Gasteiger partial charge in [0.05, 0.1) is 12.2 Å². The van der Waals surface area contributed by atoms with Gasteiger partial charge < -0.3 is 20.1 Å². The largest absolute Gasteiger partial charge is 0.476 e. The van der Waals surface area contributed by atoms with Crippen LogP contribution in [0.4, 0.5) is 5.69 Å². The van der Waals surface area contributed by atoms with Crippen molar-refractivity contribution in [2.24, 2.45) is 0 Å². The zero-order valence-electron chi connectivity index (χ0n) is 11.2. The van der Waals surface area contributed by atoms with Gasteiger partial charge in [-0.2, -0.15) is 0 Å². The van der Waals surface area contributed by atoms with Gasteiger partial charge in [-0.1, -0.05) is 0 Å². The molecule has 0 spiro atoms. The number of ether oxygens (including phenoxy) is 2. The van der Waals surface area contributed by atoms with E-state index in [-0.39, 0.29) is 18.1 Å². The van der Waals surface area contributed by atoms with Gasteiger partial charge in [0.15, 0.2) is 0 Å². The van der Waals surface area contributed by atoms with E-state index in [0.717, 1.165) is 13.1 Å². The van der Waals surface area contributed by atoms with Crippen molar-refractivity contribution in [1.29, 1.82) is 0 Å². The van der Waals surface area contributed by atoms with Gasteiger partial charge in [0.25, 0.3) is 5.91 Å². The average Bonchev–Trinajstić information content (AvgIpc) is 2.37. The SMILES string of the molecule is CCOc1ncccc1NC(=O)COC1(C)CNC1. The highest BCUT2D eigenvalue weighted by Crippen LogP contribution is 2.20. The zero-order valence-corrected chi connectivity index (χ0v) is 11.2. The first-order valence-electron chi connectivity index (χ1n) is 6.35. The molecular formula is C13H19N3O3. The van der Waals surface area contributed by atoms with Crippen molar-refractivity contribution in [2.45, 2.75) is 19.4 Å². The fraction of sp³-hybridized carbons (Fsp3) is 0.538. The Morgan fingerprint density at radius 3 is 3.00 bits per heavy atom. The standard InChI is InChI=1S/C13H19N3O3/c1-3-18-12-10(5-4-6-15-12)16-11(17)7-19-13(2)8-14-9-13/h4-6,14H,3,7-9H2,1-2H3,(H,16,17). The Hall–Kier alpha value is -1.66. The molecule has 0 aliphatic carbocycles. The van der Waals surface area contributed by atoms with E-state index in [9.17, 15) is 4.79 Å². The first-order valence-corrected chi connectivity index (χ1v) is 6.35. The number of pyridine rings is 1. The molecule has 1 aliphatic rings. The number of anilines is 1. The molecule has 2 N–H and O–H groups in total. The maximum atomic E-state index is 11.8. The summed E-state index contributed by atoms with van der Waals surface area (Å²) in [6.07, 6.45) is 1.62. The van der Waals surface area contributed by atoms with Gasteiger partial charge in [-0.3, -0.25) is 4.79 Å². The van der Waals surface area contributed by atoms with Gasteiger partial charge in [-0.15, -0.1) is 0 Å². The van der Waals surface area contributed by atoms with Crippen LogP contribution in [0.3, 0.4) is 0 Å². The Morgan fingerprint density at radius 1 is 1.58 bits per heavy atom. The van der Waals surface area contributed by atoms with Gasteiger partial charge in [0.1, 0.15) is 12.3 Å². The molecule has 0 aromatic carbocycles. The quantitative estimate of drug-likeness (QED) is 0.796. The highest BCUT2D eigenvalue weighted by atomic mass is 16.5. The van der Waals surface area contributed by atoms with Crippen LogP contribution in [-0.2, 0) is 9.53 Å². The van der Waals surface area contributed by atoms with Crippen LogP contribution in [0.1, 0.15) is 13.8 Å². The summed E-state index contributed by atoms with van der Waals surface area (Å²) in [7, 11) is 0. The summed E-state index contributed by atoms with van der Waals surface area (Å²) in [6.45, 7) is 5.92. The molecule has 104 valence electrons. The molecule has 0 radical (unpaired) electrons. The van der Waals surface area contributed by atoms with E-state index >= 15 is 0 Å². The summed E-state index contributed by atoms with van der Waals surface area (Å²) < 4.78 is 10.9. The normalized spacial score (nSPS) is 16.5. The molecule has 1 aromatic heterocycles. The molecule has 6 nitrogen and oxygen atoms in total. The van der Waals surface area contributed by atoms with Gasteiger partial charge in [-0.25, -0.2) is 4.98 Å². The van der Waals surface area contributed by atoms with Crippen molar-refractivity contribution < 1.29 is 14.3 Å². The van der Waals surface area contributed by atoms with Crippen LogP contribution >= 0.6 is 0 Å². The second kappa shape index (κ2) is 5.99. The molecule has 1 amide bonds. The van der Waals surface area contributed by atoms with Crippen molar-refractivity contribution in [3.63, 3.8) is 0 Å². The van der Waals surface area contributed by atoms with E-state index in [4.69, 9.17) is 9.47 Å². The monoisotopic (exact) mass is 265 g/mol. The molecule has 1 fully saturated rings. The fourth-order valence-electron chi connectivity index (χ4n) is 1.74. The van der Waals surface area contributed by atoms with Crippen molar-refractivity contribution in [1.82, 2.24) is 10.3 Å². The van der Waals surface area contributed by atoms with Crippen LogP contribution in [0.2, 0.25) is 0 Å². The van der Waals surface area contributed by atoms with E-state index in [1.165, 1.54) is 0 Å². The maximum absolute atomic E-state index is 11.8. The minimum absolute atomic E-state index is 0.0264. The maximum Gasteiger partial charge on any atom is 0.250 e. The highest BCUT2D eigenvalue weighted by molar-refractivity contribution is 5.92. The smallest absolute Gasteiger partial charge is 0.250 e. The summed E-state index contributed by atoms with van der Waals surface area (Å²) in [5, 5.41) is 5.86. The van der Waals surface area contributed by atoms with E-state index in [0.29, 0.717) is 18.2 Å². The third kappa shape index (κ3) is 3.65. The lowest BCUT2D eigenvalue weighted by molar-refractivity contribution is -0.130. The Kier molecular flexibility index (Phi) is 4.34. The molecule has 1 aromatic rings. The predicted molar refractivity (Wildman–Crippen MR) is 71.3 cm³/mol. The molecule has 0 saturated carbocycles. The number of carbonyl (C=O) groups is 1. The van der Waals surface area contributed by atoms with Crippen LogP contribution in [-0.4, -0.2) is 42.8 Å². The number of nitrogens with one attached hydrogen (secondary N) is 2. The topological polar surface area (TPSA) is 72.5 Å². The minimum atomic E-state index is -0.227. The third-order valence-corrected chi connectivity index (χ3v) is 2.88. The second-order valence-electron chi connectivity index (χ2n) is 4.68. The molecule has 1 aliphatic heterocycles. The van der Waals surface area contributed by atoms with E-state index in [1.54, 1.807) is 18.3 Å². The molecule has 1 saturated heterocycles. The number of rotatable bonds is 6. The highest BCUT2D eigenvalue weighted by Gasteiger charge is 2.33. The first-order chi connectivity index (χ1) is 9.13. The number of hydrogen-bond donors (Lipinski definition) is 2. The first kappa shape index (κ1) is 13.8. The summed E-state index contributed by atoms with van der Waals surface area (Å²) in [5.41, 5.74) is 0.338. The number of amides is 1. The lowest BCUT2D eigenvalue weighted by atomic mass is 10.0. The molecule has 0 unspecified atom stereocenters.